The van der Waals surface area contributed by atoms with Crippen molar-refractivity contribution < 1.29 is 26.3 Å². The van der Waals surface area contributed by atoms with E-state index in [0.717, 1.165) is 49.2 Å². The monoisotopic (exact) mass is 411 g/mol. The fraction of sp³-hybridized carbons (Fsp3) is 0.300. The Bertz CT molecular complexity index is 1020. The average molecular weight is 411 g/mol. The number of aromatic nitrogens is 3. The summed E-state index contributed by atoms with van der Waals surface area (Å²) < 4.78 is 81.9. The highest BCUT2D eigenvalue weighted by Gasteiger charge is 2.42. The van der Waals surface area contributed by atoms with Gasteiger partial charge in [0.1, 0.15) is 6.33 Å². The van der Waals surface area contributed by atoms with Crippen molar-refractivity contribution in [3.63, 3.8) is 0 Å². The van der Waals surface area contributed by atoms with Crippen molar-refractivity contribution in [2.24, 2.45) is 0 Å². The Kier molecular flexibility index (Phi) is 4.63. The molecule has 0 radical (unpaired) electrons. The zero-order valence-electron chi connectivity index (χ0n) is 15.0. The largest absolute Gasteiger partial charge is 0.418 e. The van der Waals surface area contributed by atoms with E-state index in [-0.39, 0.29) is 5.82 Å². The highest BCUT2D eigenvalue weighted by atomic mass is 19.4. The molecule has 1 aromatic heterocycles. The third-order valence-corrected chi connectivity index (χ3v) is 5.01. The lowest BCUT2D eigenvalue weighted by atomic mass is 9.90. The SMILES string of the molecule is FC(F)(F)c1cccc(C(F)(F)F)c1-n1ncnc1-c1ccc2c(c1)CCCC2. The van der Waals surface area contributed by atoms with Crippen molar-refractivity contribution in [3.05, 3.63) is 65.0 Å². The number of halogens is 6. The van der Waals surface area contributed by atoms with Crippen LogP contribution in [0, 0.1) is 0 Å². The molecule has 3 aromatic rings. The molecule has 0 bridgehead atoms. The van der Waals surface area contributed by atoms with Gasteiger partial charge in [0.15, 0.2) is 5.82 Å². The minimum atomic E-state index is -4.99. The maximum atomic E-state index is 13.5. The van der Waals surface area contributed by atoms with Crippen LogP contribution in [0.3, 0.4) is 0 Å². The van der Waals surface area contributed by atoms with Gasteiger partial charge in [0.2, 0.25) is 0 Å². The summed E-state index contributed by atoms with van der Waals surface area (Å²) in [5.74, 6) is -0.0689. The Balaban J connectivity index is 1.94. The lowest BCUT2D eigenvalue weighted by Gasteiger charge is -2.20. The number of benzene rings is 2. The first-order valence-corrected chi connectivity index (χ1v) is 8.96. The van der Waals surface area contributed by atoms with Crippen molar-refractivity contribution >= 4 is 0 Å². The summed E-state index contributed by atoms with van der Waals surface area (Å²) in [5.41, 5.74) is -1.32. The van der Waals surface area contributed by atoms with Crippen LogP contribution < -0.4 is 0 Å². The molecule has 0 fully saturated rings. The van der Waals surface area contributed by atoms with E-state index >= 15 is 0 Å². The third-order valence-electron chi connectivity index (χ3n) is 5.01. The van der Waals surface area contributed by atoms with E-state index in [4.69, 9.17) is 0 Å². The zero-order chi connectivity index (χ0) is 20.8. The molecule has 1 aliphatic carbocycles. The van der Waals surface area contributed by atoms with E-state index in [1.807, 2.05) is 6.07 Å². The Morgan fingerprint density at radius 2 is 1.41 bits per heavy atom. The van der Waals surface area contributed by atoms with Crippen molar-refractivity contribution in [2.45, 2.75) is 38.0 Å². The lowest BCUT2D eigenvalue weighted by molar-refractivity contribution is -0.142. The average Bonchev–Trinajstić information content (AvgIpc) is 3.15. The quantitative estimate of drug-likeness (QED) is 0.495. The fourth-order valence-electron chi connectivity index (χ4n) is 3.70. The Morgan fingerprint density at radius 1 is 0.793 bits per heavy atom. The number of fused-ring (bicyclic) bond motifs is 1. The van der Waals surface area contributed by atoms with E-state index in [0.29, 0.717) is 22.4 Å². The Labute approximate surface area is 162 Å². The molecule has 0 unspecified atom stereocenters. The van der Waals surface area contributed by atoms with E-state index < -0.39 is 29.2 Å². The van der Waals surface area contributed by atoms with Crippen LogP contribution in [0.4, 0.5) is 26.3 Å². The molecule has 0 N–H and O–H groups in total. The highest BCUT2D eigenvalue weighted by molar-refractivity contribution is 5.63. The van der Waals surface area contributed by atoms with Crippen molar-refractivity contribution in [1.29, 1.82) is 0 Å². The van der Waals surface area contributed by atoms with Crippen molar-refractivity contribution in [2.75, 3.05) is 0 Å². The predicted molar refractivity (Wildman–Crippen MR) is 93.4 cm³/mol. The smallest absolute Gasteiger partial charge is 0.215 e. The number of para-hydroxylation sites is 1. The van der Waals surface area contributed by atoms with Gasteiger partial charge in [-0.3, -0.25) is 0 Å². The summed E-state index contributed by atoms with van der Waals surface area (Å²) in [4.78, 5) is 3.98. The third kappa shape index (κ3) is 3.61. The van der Waals surface area contributed by atoms with Gasteiger partial charge in [-0.2, -0.15) is 31.4 Å². The zero-order valence-corrected chi connectivity index (χ0v) is 15.0. The number of hydrogen-bond acceptors (Lipinski definition) is 2. The van der Waals surface area contributed by atoms with Crippen LogP contribution in [0.5, 0.6) is 0 Å². The summed E-state index contributed by atoms with van der Waals surface area (Å²) in [6.45, 7) is 0. The molecule has 0 atom stereocenters. The van der Waals surface area contributed by atoms with Crippen LogP contribution in [0.1, 0.15) is 35.1 Å². The molecule has 0 aliphatic heterocycles. The summed E-state index contributed by atoms with van der Waals surface area (Å²) in [7, 11) is 0. The first-order chi connectivity index (χ1) is 13.7. The second-order valence-corrected chi connectivity index (χ2v) is 6.88. The molecule has 1 heterocycles. The molecule has 9 heteroatoms. The van der Waals surface area contributed by atoms with Gasteiger partial charge in [0.25, 0.3) is 0 Å². The van der Waals surface area contributed by atoms with Crippen LogP contribution in [-0.4, -0.2) is 14.8 Å². The number of aryl methyl sites for hydroxylation is 2. The molecule has 1 aliphatic rings. The van der Waals surface area contributed by atoms with Gasteiger partial charge in [-0.05, 0) is 55.0 Å². The maximum Gasteiger partial charge on any atom is 0.418 e. The molecule has 2 aromatic carbocycles. The molecule has 29 heavy (non-hydrogen) atoms. The fourth-order valence-corrected chi connectivity index (χ4v) is 3.70. The summed E-state index contributed by atoms with van der Waals surface area (Å²) in [6, 6.07) is 7.26. The van der Waals surface area contributed by atoms with E-state index in [1.165, 1.54) is 0 Å². The topological polar surface area (TPSA) is 30.7 Å². The van der Waals surface area contributed by atoms with Crippen molar-refractivity contribution in [1.82, 2.24) is 14.8 Å². The van der Waals surface area contributed by atoms with Crippen LogP contribution in [0.25, 0.3) is 17.1 Å². The molecule has 152 valence electrons. The summed E-state index contributed by atoms with van der Waals surface area (Å²) in [6.07, 6.45) is -5.27. The first kappa shape index (κ1) is 19.5. The second kappa shape index (κ2) is 6.89. The normalized spacial score (nSPS) is 14.7. The van der Waals surface area contributed by atoms with Gasteiger partial charge in [-0.1, -0.05) is 18.2 Å². The number of nitrogens with zero attached hydrogens (tertiary/aromatic N) is 3. The summed E-state index contributed by atoms with van der Waals surface area (Å²) >= 11 is 0. The van der Waals surface area contributed by atoms with Crippen molar-refractivity contribution in [3.8, 4) is 17.1 Å². The molecule has 0 amide bonds. The van der Waals surface area contributed by atoms with Crippen LogP contribution in [0.2, 0.25) is 0 Å². The molecular weight excluding hydrogens is 396 g/mol. The summed E-state index contributed by atoms with van der Waals surface area (Å²) in [5, 5.41) is 3.73. The Morgan fingerprint density at radius 3 is 2.03 bits per heavy atom. The minimum Gasteiger partial charge on any atom is -0.215 e. The van der Waals surface area contributed by atoms with E-state index in [1.54, 1.807) is 12.1 Å². The standard InChI is InChI=1S/C20H15F6N3/c21-19(22,23)15-6-3-7-16(20(24,25)26)17(15)29-18(27-11-28-29)14-9-8-12-4-1-2-5-13(12)10-14/h3,6-11H,1-2,4-5H2. The molecule has 0 saturated heterocycles. The maximum absolute atomic E-state index is 13.5. The molecule has 0 spiro atoms. The van der Waals surface area contributed by atoms with Crippen LogP contribution >= 0.6 is 0 Å². The number of rotatable bonds is 2. The van der Waals surface area contributed by atoms with Gasteiger partial charge in [0.05, 0.1) is 16.8 Å². The number of hydrogen-bond donors (Lipinski definition) is 0. The minimum absolute atomic E-state index is 0.0689. The van der Waals surface area contributed by atoms with Crippen LogP contribution in [0.15, 0.2) is 42.7 Å². The first-order valence-electron chi connectivity index (χ1n) is 8.96. The van der Waals surface area contributed by atoms with Gasteiger partial charge in [0, 0.05) is 5.56 Å². The molecule has 0 saturated carbocycles. The van der Waals surface area contributed by atoms with Gasteiger partial charge in [-0.15, -0.1) is 0 Å². The predicted octanol–water partition coefficient (Wildman–Crippen LogP) is 5.85. The van der Waals surface area contributed by atoms with E-state index in [2.05, 4.69) is 10.1 Å². The van der Waals surface area contributed by atoms with E-state index in [9.17, 15) is 26.3 Å². The second-order valence-electron chi connectivity index (χ2n) is 6.88. The van der Waals surface area contributed by atoms with Gasteiger partial charge < -0.3 is 0 Å². The van der Waals surface area contributed by atoms with Gasteiger partial charge >= 0.3 is 12.4 Å². The molecule has 4 rings (SSSR count). The lowest BCUT2D eigenvalue weighted by Crippen LogP contribution is -2.19. The highest BCUT2D eigenvalue weighted by Crippen LogP contribution is 2.42. The molecular formula is C20H15F6N3. The van der Waals surface area contributed by atoms with Crippen LogP contribution in [-0.2, 0) is 25.2 Å². The molecule has 3 nitrogen and oxygen atoms in total. The van der Waals surface area contributed by atoms with Gasteiger partial charge in [-0.25, -0.2) is 9.67 Å². The Hall–Kier alpha value is -2.84. The number of alkyl halides is 6.